The first-order chi connectivity index (χ1) is 6.33. The van der Waals surface area contributed by atoms with Gasteiger partial charge in [0, 0.05) is 0 Å². The zero-order valence-corrected chi connectivity index (χ0v) is 10.4. The van der Waals surface area contributed by atoms with Gasteiger partial charge in [0.2, 0.25) is 0 Å². The van der Waals surface area contributed by atoms with E-state index in [9.17, 15) is 0 Å². The lowest BCUT2D eigenvalue weighted by Crippen LogP contribution is -2.05. The van der Waals surface area contributed by atoms with Crippen LogP contribution in [-0.4, -0.2) is 17.5 Å². The van der Waals surface area contributed by atoms with Gasteiger partial charge in [-0.05, 0) is 43.2 Å². The Kier molecular flexibility index (Phi) is 5.32. The zero-order chi connectivity index (χ0) is 9.68. The monoisotopic (exact) mass is 200 g/mol. The standard InChI is InChI=1S/C12H25P/c1-4-7-11-9-10-12(8-5-2)13(11)6-3/h11-12H,4-10H2,1-3H3. The molecule has 1 heterocycles. The van der Waals surface area contributed by atoms with E-state index in [4.69, 9.17) is 0 Å². The topological polar surface area (TPSA) is 0 Å². The maximum Gasteiger partial charge on any atom is -0.0207 e. The van der Waals surface area contributed by atoms with Crippen molar-refractivity contribution < 1.29 is 0 Å². The van der Waals surface area contributed by atoms with Gasteiger partial charge in [-0.25, -0.2) is 0 Å². The zero-order valence-electron chi connectivity index (χ0n) is 9.55. The fourth-order valence-electron chi connectivity index (χ4n) is 2.82. The van der Waals surface area contributed by atoms with Crippen molar-refractivity contribution in [3.05, 3.63) is 0 Å². The van der Waals surface area contributed by atoms with Crippen LogP contribution in [0.15, 0.2) is 0 Å². The maximum atomic E-state index is 2.42. The molecular formula is C12H25P. The third kappa shape index (κ3) is 2.94. The van der Waals surface area contributed by atoms with E-state index in [2.05, 4.69) is 20.8 Å². The minimum absolute atomic E-state index is 0.418. The SMILES string of the molecule is CCCC1CCC(CCC)P1CC. The van der Waals surface area contributed by atoms with Crippen LogP contribution in [0.3, 0.4) is 0 Å². The molecule has 1 fully saturated rings. The summed E-state index contributed by atoms with van der Waals surface area (Å²) in [6.45, 7) is 7.11. The van der Waals surface area contributed by atoms with E-state index in [1.165, 1.54) is 31.8 Å². The molecule has 1 rings (SSSR count). The van der Waals surface area contributed by atoms with Gasteiger partial charge in [0.05, 0.1) is 0 Å². The van der Waals surface area contributed by atoms with Gasteiger partial charge < -0.3 is 0 Å². The van der Waals surface area contributed by atoms with E-state index in [-0.39, 0.29) is 0 Å². The highest BCUT2D eigenvalue weighted by Gasteiger charge is 2.32. The number of hydrogen-bond acceptors (Lipinski definition) is 0. The largest absolute Gasteiger partial charge is 0.101 e. The Morgan fingerprint density at radius 2 is 1.38 bits per heavy atom. The minimum Gasteiger partial charge on any atom is -0.101 e. The van der Waals surface area contributed by atoms with Crippen LogP contribution in [0.2, 0.25) is 0 Å². The second-order valence-electron chi connectivity index (χ2n) is 4.29. The molecule has 0 saturated carbocycles. The molecule has 0 bridgehead atoms. The average molecular weight is 200 g/mol. The van der Waals surface area contributed by atoms with Crippen molar-refractivity contribution in [3.63, 3.8) is 0 Å². The summed E-state index contributed by atoms with van der Waals surface area (Å²) in [6, 6.07) is 0. The summed E-state index contributed by atoms with van der Waals surface area (Å²) in [7, 11) is 0.418. The normalized spacial score (nSPS) is 33.9. The summed E-state index contributed by atoms with van der Waals surface area (Å²) in [4.78, 5) is 0. The fraction of sp³-hybridized carbons (Fsp3) is 1.00. The second-order valence-corrected chi connectivity index (χ2v) is 7.41. The lowest BCUT2D eigenvalue weighted by molar-refractivity contribution is 0.649. The Morgan fingerprint density at radius 3 is 1.69 bits per heavy atom. The third-order valence-electron chi connectivity index (χ3n) is 3.38. The molecule has 13 heavy (non-hydrogen) atoms. The molecule has 1 saturated heterocycles. The smallest absolute Gasteiger partial charge is 0.0207 e. The van der Waals surface area contributed by atoms with Crippen LogP contribution in [-0.2, 0) is 0 Å². The minimum atomic E-state index is 0.418. The molecule has 1 heteroatoms. The molecule has 0 aromatic heterocycles. The predicted molar refractivity (Wildman–Crippen MR) is 64.1 cm³/mol. The molecule has 0 N–H and O–H groups in total. The average Bonchev–Trinajstić information content (AvgIpc) is 2.49. The molecule has 78 valence electrons. The van der Waals surface area contributed by atoms with E-state index in [1.54, 1.807) is 12.8 Å². The summed E-state index contributed by atoms with van der Waals surface area (Å²) in [5.41, 5.74) is 2.28. The van der Waals surface area contributed by atoms with Crippen LogP contribution < -0.4 is 0 Å². The lowest BCUT2D eigenvalue weighted by Gasteiger charge is -2.24. The van der Waals surface area contributed by atoms with Crippen molar-refractivity contribution in [2.75, 3.05) is 6.16 Å². The van der Waals surface area contributed by atoms with Crippen molar-refractivity contribution in [2.45, 2.75) is 70.6 Å². The lowest BCUT2D eigenvalue weighted by atomic mass is 10.1. The van der Waals surface area contributed by atoms with Crippen molar-refractivity contribution in [1.29, 1.82) is 0 Å². The highest BCUT2D eigenvalue weighted by molar-refractivity contribution is 7.59. The van der Waals surface area contributed by atoms with Crippen molar-refractivity contribution in [1.82, 2.24) is 0 Å². The van der Waals surface area contributed by atoms with Crippen LogP contribution in [0.25, 0.3) is 0 Å². The predicted octanol–water partition coefficient (Wildman–Crippen LogP) is 4.62. The Morgan fingerprint density at radius 1 is 0.923 bits per heavy atom. The first kappa shape index (κ1) is 11.5. The molecule has 0 nitrogen and oxygen atoms in total. The van der Waals surface area contributed by atoms with Crippen LogP contribution in [0, 0.1) is 0 Å². The quantitative estimate of drug-likeness (QED) is 0.568. The molecule has 0 aromatic rings. The molecule has 2 unspecified atom stereocenters. The summed E-state index contributed by atoms with van der Waals surface area (Å²) in [5, 5.41) is 0. The molecule has 1 aliphatic rings. The third-order valence-corrected chi connectivity index (χ3v) is 7.02. The highest BCUT2D eigenvalue weighted by Crippen LogP contribution is 2.58. The number of rotatable bonds is 5. The molecule has 2 atom stereocenters. The summed E-state index contributed by atoms with van der Waals surface area (Å²) in [6.07, 6.45) is 10.4. The molecule has 1 aliphatic heterocycles. The van der Waals surface area contributed by atoms with Gasteiger partial charge in [-0.2, -0.15) is 0 Å². The molecular weight excluding hydrogens is 175 g/mol. The summed E-state index contributed by atoms with van der Waals surface area (Å²) in [5.74, 6) is 0. The van der Waals surface area contributed by atoms with E-state index in [0.717, 1.165) is 11.3 Å². The van der Waals surface area contributed by atoms with E-state index in [0.29, 0.717) is 7.92 Å². The fourth-order valence-corrected chi connectivity index (χ4v) is 6.59. The van der Waals surface area contributed by atoms with Crippen LogP contribution in [0.4, 0.5) is 0 Å². The Balaban J connectivity index is 2.42. The molecule has 0 aliphatic carbocycles. The van der Waals surface area contributed by atoms with Crippen molar-refractivity contribution in [3.8, 4) is 0 Å². The van der Waals surface area contributed by atoms with Crippen molar-refractivity contribution >= 4 is 7.92 Å². The summed E-state index contributed by atoms with van der Waals surface area (Å²) >= 11 is 0. The molecule has 0 amide bonds. The van der Waals surface area contributed by atoms with E-state index >= 15 is 0 Å². The first-order valence-corrected chi connectivity index (χ1v) is 7.75. The van der Waals surface area contributed by atoms with Gasteiger partial charge in [-0.1, -0.05) is 33.6 Å². The number of hydrogen-bond donors (Lipinski definition) is 0. The van der Waals surface area contributed by atoms with Crippen LogP contribution in [0.5, 0.6) is 0 Å². The summed E-state index contributed by atoms with van der Waals surface area (Å²) < 4.78 is 0. The van der Waals surface area contributed by atoms with Gasteiger partial charge in [-0.15, -0.1) is 7.92 Å². The van der Waals surface area contributed by atoms with Crippen LogP contribution in [0.1, 0.15) is 59.3 Å². The van der Waals surface area contributed by atoms with Gasteiger partial charge in [0.15, 0.2) is 0 Å². The van der Waals surface area contributed by atoms with Gasteiger partial charge in [0.1, 0.15) is 0 Å². The Labute approximate surface area is 85.2 Å². The molecule has 0 spiro atoms. The van der Waals surface area contributed by atoms with E-state index in [1.807, 2.05) is 0 Å². The Hall–Kier alpha value is 0.430. The van der Waals surface area contributed by atoms with Crippen molar-refractivity contribution in [2.24, 2.45) is 0 Å². The van der Waals surface area contributed by atoms with Gasteiger partial charge >= 0.3 is 0 Å². The maximum absolute atomic E-state index is 2.42. The first-order valence-electron chi connectivity index (χ1n) is 6.09. The van der Waals surface area contributed by atoms with Gasteiger partial charge in [0.25, 0.3) is 0 Å². The van der Waals surface area contributed by atoms with Crippen LogP contribution >= 0.6 is 7.92 Å². The Bertz CT molecular complexity index is 119. The highest BCUT2D eigenvalue weighted by atomic mass is 31.1. The molecule has 0 aromatic carbocycles. The molecule has 0 radical (unpaired) electrons. The second kappa shape index (κ2) is 6.02. The van der Waals surface area contributed by atoms with Gasteiger partial charge in [-0.3, -0.25) is 0 Å². The van der Waals surface area contributed by atoms with E-state index < -0.39 is 0 Å².